The zero-order chi connectivity index (χ0) is 30.3. The summed E-state index contributed by atoms with van der Waals surface area (Å²) in [6.45, 7) is 4.14. The maximum atomic E-state index is 14.1. The minimum Gasteiger partial charge on any atom is -0.310 e. The number of nitrogens with zero attached hydrogens (tertiary/aromatic N) is 6. The highest BCUT2D eigenvalue weighted by Crippen LogP contribution is 2.49. The summed E-state index contributed by atoms with van der Waals surface area (Å²) < 4.78 is 44.7. The largest absolute Gasteiger partial charge is 0.476 e. The minimum absolute atomic E-state index is 0.146. The van der Waals surface area contributed by atoms with Crippen LogP contribution in [0.25, 0.3) is 33.3 Å². The molecule has 0 saturated carbocycles. The van der Waals surface area contributed by atoms with Gasteiger partial charge in [-0.15, -0.1) is 0 Å². The lowest BCUT2D eigenvalue weighted by Gasteiger charge is -2.17. The molecule has 0 aliphatic carbocycles. The molecule has 222 valence electrons. The molecular formula is C29H34FN6O5P. The summed E-state index contributed by atoms with van der Waals surface area (Å²) in [5, 5.41) is 0.686. The molecule has 0 unspecified atom stereocenters. The van der Waals surface area contributed by atoms with Gasteiger partial charge in [0.25, 0.3) is 0 Å². The van der Waals surface area contributed by atoms with Gasteiger partial charge in [0.05, 0.1) is 25.1 Å². The monoisotopic (exact) mass is 596 g/mol. The van der Waals surface area contributed by atoms with Crippen LogP contribution in [0.3, 0.4) is 0 Å². The first-order valence-corrected chi connectivity index (χ1v) is 14.8. The van der Waals surface area contributed by atoms with Crippen LogP contribution in [0.5, 0.6) is 0 Å². The topological polar surface area (TPSA) is 112 Å². The molecule has 0 aliphatic rings. The number of anilines is 1. The van der Waals surface area contributed by atoms with Crippen molar-refractivity contribution in [3.8, 4) is 22.3 Å². The Kier molecular flexibility index (Phi) is 10.3. The summed E-state index contributed by atoms with van der Waals surface area (Å²) in [5.74, 6) is -0.810. The third kappa shape index (κ3) is 7.53. The molecule has 13 heteroatoms. The number of carbonyl (C=O) groups is 1. The second kappa shape index (κ2) is 13.9. The Hall–Kier alpha value is -3.80. The van der Waals surface area contributed by atoms with Crippen LogP contribution in [0.15, 0.2) is 67.4 Å². The second-order valence-corrected chi connectivity index (χ2v) is 11.2. The molecule has 0 fully saturated rings. The lowest BCUT2D eigenvalue weighted by Crippen LogP contribution is -2.24. The Morgan fingerprint density at radius 2 is 1.74 bits per heavy atom. The number of phosphoric ester groups is 1. The molecular weight excluding hydrogens is 562 g/mol. The third-order valence-corrected chi connectivity index (χ3v) is 7.77. The van der Waals surface area contributed by atoms with Crippen LogP contribution >= 0.6 is 7.82 Å². The number of hydrogen-bond acceptors (Lipinski definition) is 9. The van der Waals surface area contributed by atoms with E-state index in [0.29, 0.717) is 34.4 Å². The molecule has 0 saturated heterocycles. The summed E-state index contributed by atoms with van der Waals surface area (Å²) in [4.78, 5) is 28.8. The Bertz CT molecular complexity index is 1620. The molecule has 11 nitrogen and oxygen atoms in total. The average molecular weight is 597 g/mol. The second-order valence-electron chi connectivity index (χ2n) is 9.51. The highest BCUT2D eigenvalue weighted by Gasteiger charge is 2.26. The van der Waals surface area contributed by atoms with Crippen LogP contribution in [0, 0.1) is 5.95 Å². The normalized spacial score (nSPS) is 12.1. The van der Waals surface area contributed by atoms with Crippen molar-refractivity contribution in [2.75, 3.05) is 45.8 Å². The van der Waals surface area contributed by atoms with Crippen molar-refractivity contribution >= 4 is 30.5 Å². The Morgan fingerprint density at radius 3 is 2.43 bits per heavy atom. The average Bonchev–Trinajstić information content (AvgIpc) is 3.34. The van der Waals surface area contributed by atoms with E-state index in [1.165, 1.54) is 23.2 Å². The van der Waals surface area contributed by atoms with Crippen LogP contribution in [-0.2, 0) is 29.7 Å². The number of carbonyl (C=O) groups excluding carboxylic acids is 1. The fourth-order valence-corrected chi connectivity index (χ4v) is 5.28. The first-order chi connectivity index (χ1) is 20.1. The lowest BCUT2D eigenvalue weighted by molar-refractivity contribution is -0.113. The van der Waals surface area contributed by atoms with Gasteiger partial charge in [-0.25, -0.2) is 14.5 Å². The molecule has 4 rings (SSSR count). The first kappa shape index (κ1) is 31.1. The number of halogens is 1. The van der Waals surface area contributed by atoms with Crippen molar-refractivity contribution in [3.05, 3.63) is 73.3 Å². The van der Waals surface area contributed by atoms with E-state index in [0.717, 1.165) is 11.1 Å². The maximum Gasteiger partial charge on any atom is 0.476 e. The van der Waals surface area contributed by atoms with Crippen LogP contribution in [-0.4, -0.2) is 71.2 Å². The number of amides is 1. The van der Waals surface area contributed by atoms with Crippen LogP contribution < -0.4 is 4.90 Å². The standard InChI is InChI=1S/C29H34FN6O5P/c1-6-39-42(38,40-7-2)41-20-36-19-26(21-10-11-32-27(30)15-21)25-14-23(17-33-29(25)36)22-13-24(18-31-16-22)35(5)28(37)9-8-12-34(3)4/h8-11,13-19H,6-7,12,20H2,1-5H3. The van der Waals surface area contributed by atoms with Gasteiger partial charge in [-0.05, 0) is 51.7 Å². The molecule has 0 aliphatic heterocycles. The van der Waals surface area contributed by atoms with Gasteiger partial charge in [-0.3, -0.25) is 23.3 Å². The molecule has 4 aromatic rings. The number of hydrogen-bond donors (Lipinski definition) is 0. The van der Waals surface area contributed by atoms with Crippen molar-refractivity contribution in [2.45, 2.75) is 20.6 Å². The van der Waals surface area contributed by atoms with E-state index in [9.17, 15) is 13.8 Å². The fourth-order valence-electron chi connectivity index (χ4n) is 4.16. The van der Waals surface area contributed by atoms with Gasteiger partial charge in [0.1, 0.15) is 12.4 Å². The summed E-state index contributed by atoms with van der Waals surface area (Å²) >= 11 is 0. The highest BCUT2D eigenvalue weighted by molar-refractivity contribution is 7.48. The van der Waals surface area contributed by atoms with Crippen LogP contribution in [0.2, 0.25) is 0 Å². The summed E-state index contributed by atoms with van der Waals surface area (Å²) in [7, 11) is 1.74. The van der Waals surface area contributed by atoms with E-state index in [1.54, 1.807) is 62.4 Å². The number of rotatable bonds is 13. The van der Waals surface area contributed by atoms with Gasteiger partial charge in [-0.1, -0.05) is 6.08 Å². The molecule has 4 heterocycles. The molecule has 0 atom stereocenters. The van der Waals surface area contributed by atoms with Gasteiger partial charge < -0.3 is 14.4 Å². The van der Waals surface area contributed by atoms with Gasteiger partial charge in [-0.2, -0.15) is 4.39 Å². The Labute approximate surface area is 244 Å². The number of pyridine rings is 3. The van der Waals surface area contributed by atoms with Gasteiger partial charge in [0.2, 0.25) is 11.9 Å². The van der Waals surface area contributed by atoms with Crippen molar-refractivity contribution < 1.29 is 27.3 Å². The molecule has 0 radical (unpaired) electrons. The molecule has 4 aromatic heterocycles. The van der Waals surface area contributed by atoms with E-state index in [2.05, 4.69) is 15.0 Å². The van der Waals surface area contributed by atoms with Crippen molar-refractivity contribution in [3.63, 3.8) is 0 Å². The van der Waals surface area contributed by atoms with Gasteiger partial charge >= 0.3 is 7.82 Å². The smallest absolute Gasteiger partial charge is 0.310 e. The fraction of sp³-hybridized carbons (Fsp3) is 0.310. The molecule has 0 aromatic carbocycles. The zero-order valence-corrected chi connectivity index (χ0v) is 25.1. The minimum atomic E-state index is -3.79. The summed E-state index contributed by atoms with van der Waals surface area (Å²) in [6.07, 6.45) is 11.4. The maximum absolute atomic E-state index is 14.1. The van der Waals surface area contributed by atoms with E-state index in [-0.39, 0.29) is 25.9 Å². The van der Waals surface area contributed by atoms with Crippen molar-refractivity contribution in [1.82, 2.24) is 24.4 Å². The molecule has 0 N–H and O–H groups in total. The lowest BCUT2D eigenvalue weighted by atomic mass is 10.0. The predicted molar refractivity (Wildman–Crippen MR) is 159 cm³/mol. The van der Waals surface area contributed by atoms with E-state index in [1.807, 2.05) is 31.1 Å². The SMILES string of the molecule is CCOP(=O)(OCC)OCn1cc(-c2ccnc(F)c2)c2cc(-c3cncc(N(C)C(=O)C=CCN(C)C)c3)cnc21. The number of likely N-dealkylation sites (N-methyl/N-ethyl adjacent to an activating group) is 2. The van der Waals surface area contributed by atoms with E-state index >= 15 is 0 Å². The number of fused-ring (bicyclic) bond motifs is 1. The van der Waals surface area contributed by atoms with E-state index < -0.39 is 13.8 Å². The summed E-state index contributed by atoms with van der Waals surface area (Å²) in [5.41, 5.74) is 3.81. The molecule has 1 amide bonds. The Morgan fingerprint density at radius 1 is 1.00 bits per heavy atom. The first-order valence-electron chi connectivity index (χ1n) is 13.3. The molecule has 42 heavy (non-hydrogen) atoms. The quantitative estimate of drug-likeness (QED) is 0.112. The predicted octanol–water partition coefficient (Wildman–Crippen LogP) is 5.54. The van der Waals surface area contributed by atoms with Gasteiger partial charge in [0.15, 0.2) is 0 Å². The Balaban J connectivity index is 1.72. The highest BCUT2D eigenvalue weighted by atomic mass is 31.2. The van der Waals surface area contributed by atoms with Crippen LogP contribution in [0.1, 0.15) is 13.8 Å². The summed E-state index contributed by atoms with van der Waals surface area (Å²) in [6, 6.07) is 6.76. The number of aromatic nitrogens is 4. The third-order valence-electron chi connectivity index (χ3n) is 6.19. The molecule has 0 spiro atoms. The number of phosphoric acid groups is 1. The van der Waals surface area contributed by atoms with Gasteiger partial charge in [0, 0.05) is 72.6 Å². The van der Waals surface area contributed by atoms with Crippen molar-refractivity contribution in [2.24, 2.45) is 0 Å². The zero-order valence-electron chi connectivity index (χ0n) is 24.2. The van der Waals surface area contributed by atoms with Crippen molar-refractivity contribution in [1.29, 1.82) is 0 Å². The molecule has 0 bridgehead atoms. The van der Waals surface area contributed by atoms with Crippen LogP contribution in [0.4, 0.5) is 10.1 Å². The van der Waals surface area contributed by atoms with E-state index in [4.69, 9.17) is 13.6 Å².